The molecule has 0 aliphatic rings. The molecule has 0 radical (unpaired) electrons. The molecule has 2 heterocycles. The lowest BCUT2D eigenvalue weighted by Crippen LogP contribution is -2.26. The highest BCUT2D eigenvalue weighted by atomic mass is 19.4. The molecule has 0 unspecified atom stereocenters. The van der Waals surface area contributed by atoms with E-state index in [2.05, 4.69) is 10.1 Å². The number of carboxylic acid groups (broad SMARTS) is 1. The molecule has 0 aliphatic heterocycles. The van der Waals surface area contributed by atoms with Gasteiger partial charge < -0.3 is 5.11 Å². The van der Waals surface area contributed by atoms with E-state index >= 15 is 0 Å². The van der Waals surface area contributed by atoms with Gasteiger partial charge in [-0.25, -0.2) is 14.3 Å². The number of aryl methyl sites for hydroxylation is 1. The summed E-state index contributed by atoms with van der Waals surface area (Å²) in [6.07, 6.45) is -4.94. The maximum Gasteiger partial charge on any atom is 0.393 e. The average Bonchev–Trinajstić information content (AvgIpc) is 2.66. The van der Waals surface area contributed by atoms with E-state index in [1.165, 1.54) is 6.92 Å². The van der Waals surface area contributed by atoms with Crippen LogP contribution < -0.4 is 5.56 Å². The van der Waals surface area contributed by atoms with E-state index < -0.39 is 29.7 Å². The summed E-state index contributed by atoms with van der Waals surface area (Å²) < 4.78 is 37.8. The Hall–Kier alpha value is -2.32. The Morgan fingerprint density at radius 2 is 2.16 bits per heavy atom. The molecule has 9 heteroatoms. The van der Waals surface area contributed by atoms with Gasteiger partial charge in [0.15, 0.2) is 5.65 Å². The summed E-state index contributed by atoms with van der Waals surface area (Å²) in [5.74, 6) is -1.33. The molecule has 2 rings (SSSR count). The molecule has 0 saturated heterocycles. The van der Waals surface area contributed by atoms with Crippen LogP contribution >= 0.6 is 0 Å². The lowest BCUT2D eigenvalue weighted by Gasteiger charge is -2.08. The Morgan fingerprint density at radius 1 is 1.53 bits per heavy atom. The van der Waals surface area contributed by atoms with Crippen LogP contribution in [0.4, 0.5) is 13.2 Å². The summed E-state index contributed by atoms with van der Waals surface area (Å²) >= 11 is 0. The van der Waals surface area contributed by atoms with Gasteiger partial charge in [-0.3, -0.25) is 9.89 Å². The van der Waals surface area contributed by atoms with Gasteiger partial charge in [-0.05, 0) is 6.92 Å². The first-order chi connectivity index (χ1) is 8.70. The maximum atomic E-state index is 12.4. The summed E-state index contributed by atoms with van der Waals surface area (Å²) in [7, 11) is 0. The van der Waals surface area contributed by atoms with Crippen LogP contribution in [0.5, 0.6) is 0 Å². The van der Waals surface area contributed by atoms with Crippen molar-refractivity contribution >= 4 is 11.6 Å². The normalized spacial score (nSPS) is 12.0. The lowest BCUT2D eigenvalue weighted by atomic mass is 10.1. The first-order valence-electron chi connectivity index (χ1n) is 5.10. The molecule has 0 aromatic carbocycles. The second-order valence-electron chi connectivity index (χ2n) is 3.92. The van der Waals surface area contributed by atoms with Gasteiger partial charge in [-0.1, -0.05) is 0 Å². The van der Waals surface area contributed by atoms with Crippen LogP contribution in [0.15, 0.2) is 11.0 Å². The van der Waals surface area contributed by atoms with Crippen molar-refractivity contribution in [3.63, 3.8) is 0 Å². The summed E-state index contributed by atoms with van der Waals surface area (Å²) in [6.45, 7) is 1.24. The highest BCUT2D eigenvalue weighted by molar-refractivity contribution is 5.94. The second kappa shape index (κ2) is 4.11. The number of carboxylic acids is 1. The van der Waals surface area contributed by atoms with Crippen molar-refractivity contribution in [2.45, 2.75) is 19.5 Å². The SMILES string of the molecule is Cc1nc2c(C(=O)O)c[nH]n2c(=O)c1CC(F)(F)F. The molecule has 6 nitrogen and oxygen atoms in total. The van der Waals surface area contributed by atoms with E-state index in [1.807, 2.05) is 0 Å². The number of aromatic carboxylic acids is 1. The van der Waals surface area contributed by atoms with Gasteiger partial charge >= 0.3 is 12.1 Å². The minimum atomic E-state index is -4.54. The number of carbonyl (C=O) groups is 1. The summed E-state index contributed by atoms with van der Waals surface area (Å²) in [6, 6.07) is 0. The molecule has 0 amide bonds. The summed E-state index contributed by atoms with van der Waals surface area (Å²) in [4.78, 5) is 26.5. The number of aromatic nitrogens is 3. The highest BCUT2D eigenvalue weighted by Gasteiger charge is 2.31. The third-order valence-electron chi connectivity index (χ3n) is 2.57. The quantitative estimate of drug-likeness (QED) is 0.860. The van der Waals surface area contributed by atoms with Crippen molar-refractivity contribution in [1.82, 2.24) is 14.6 Å². The number of rotatable bonds is 2. The topological polar surface area (TPSA) is 87.5 Å². The molecular formula is C10H8F3N3O3. The van der Waals surface area contributed by atoms with Crippen LogP contribution in [-0.2, 0) is 6.42 Å². The third-order valence-corrected chi connectivity index (χ3v) is 2.57. The van der Waals surface area contributed by atoms with Crippen LogP contribution in [0.25, 0.3) is 5.65 Å². The molecule has 102 valence electrons. The van der Waals surface area contributed by atoms with Crippen molar-refractivity contribution < 1.29 is 23.1 Å². The molecule has 0 fully saturated rings. The van der Waals surface area contributed by atoms with Crippen LogP contribution in [0.3, 0.4) is 0 Å². The molecule has 2 aromatic rings. The van der Waals surface area contributed by atoms with Gasteiger partial charge in [0.1, 0.15) is 5.56 Å². The third kappa shape index (κ3) is 2.30. The number of hydrogen-bond acceptors (Lipinski definition) is 3. The fourth-order valence-corrected chi connectivity index (χ4v) is 1.72. The van der Waals surface area contributed by atoms with Crippen molar-refractivity contribution in [2.24, 2.45) is 0 Å². The van der Waals surface area contributed by atoms with Gasteiger partial charge in [0.2, 0.25) is 0 Å². The van der Waals surface area contributed by atoms with Crippen LogP contribution in [0.1, 0.15) is 21.6 Å². The smallest absolute Gasteiger partial charge is 0.393 e. The second-order valence-corrected chi connectivity index (χ2v) is 3.92. The molecule has 0 atom stereocenters. The Morgan fingerprint density at radius 3 is 2.68 bits per heavy atom. The summed E-state index contributed by atoms with van der Waals surface area (Å²) in [5, 5.41) is 11.1. The molecule has 0 saturated carbocycles. The van der Waals surface area contributed by atoms with E-state index in [0.29, 0.717) is 4.52 Å². The maximum absolute atomic E-state index is 12.4. The van der Waals surface area contributed by atoms with Crippen LogP contribution in [0.2, 0.25) is 0 Å². The molecule has 0 spiro atoms. The predicted octanol–water partition coefficient (Wildman–Crippen LogP) is 1.13. The monoisotopic (exact) mass is 275 g/mol. The van der Waals surface area contributed by atoms with Gasteiger partial charge in [-0.2, -0.15) is 13.2 Å². The molecule has 0 bridgehead atoms. The first-order valence-corrected chi connectivity index (χ1v) is 5.10. The van der Waals surface area contributed by atoms with Crippen LogP contribution in [0, 0.1) is 6.92 Å². The largest absolute Gasteiger partial charge is 0.477 e. The minimum absolute atomic E-state index is 0.135. The Balaban J connectivity index is 2.71. The molecular weight excluding hydrogens is 267 g/mol. The molecule has 0 aliphatic carbocycles. The fourth-order valence-electron chi connectivity index (χ4n) is 1.72. The zero-order valence-electron chi connectivity index (χ0n) is 9.58. The fraction of sp³-hybridized carbons (Fsp3) is 0.300. The van der Waals surface area contributed by atoms with Crippen molar-refractivity contribution in [2.75, 3.05) is 0 Å². The van der Waals surface area contributed by atoms with Crippen molar-refractivity contribution in [3.05, 3.63) is 33.4 Å². The number of nitrogens with zero attached hydrogens (tertiary/aromatic N) is 2. The molecule has 19 heavy (non-hydrogen) atoms. The number of alkyl halides is 3. The Kier molecular flexibility index (Phi) is 2.84. The van der Waals surface area contributed by atoms with Crippen LogP contribution in [-0.4, -0.2) is 31.9 Å². The average molecular weight is 275 g/mol. The van der Waals surface area contributed by atoms with Crippen molar-refractivity contribution in [1.29, 1.82) is 0 Å². The summed E-state index contributed by atoms with van der Waals surface area (Å²) in [5.41, 5.74) is -2.08. The Bertz CT molecular complexity index is 714. The number of hydrogen-bond donors (Lipinski definition) is 2. The first kappa shape index (κ1) is 13.1. The van der Waals surface area contributed by atoms with E-state index in [-0.39, 0.29) is 16.9 Å². The number of aromatic amines is 1. The highest BCUT2D eigenvalue weighted by Crippen LogP contribution is 2.21. The Labute approximate surface area is 103 Å². The van der Waals surface area contributed by atoms with Gasteiger partial charge in [0.25, 0.3) is 5.56 Å². The number of nitrogens with one attached hydrogen (secondary N) is 1. The zero-order chi connectivity index (χ0) is 14.4. The van der Waals surface area contributed by atoms with Gasteiger partial charge in [-0.15, -0.1) is 0 Å². The van der Waals surface area contributed by atoms with Gasteiger partial charge in [0, 0.05) is 17.5 Å². The number of H-pyrrole nitrogens is 1. The van der Waals surface area contributed by atoms with E-state index in [0.717, 1.165) is 6.20 Å². The predicted molar refractivity (Wildman–Crippen MR) is 57.3 cm³/mol. The number of halogens is 3. The number of fused-ring (bicyclic) bond motifs is 1. The lowest BCUT2D eigenvalue weighted by molar-refractivity contribution is -0.127. The standard InChI is InChI=1S/C10H8F3N3O3/c1-4-5(2-10(11,12)13)8(17)16-7(15-4)6(3-14-16)9(18)19/h3,14H,2H2,1H3,(H,18,19). The molecule has 2 aromatic heterocycles. The van der Waals surface area contributed by atoms with Crippen molar-refractivity contribution in [3.8, 4) is 0 Å². The zero-order valence-corrected chi connectivity index (χ0v) is 9.58. The van der Waals surface area contributed by atoms with Gasteiger partial charge in [0.05, 0.1) is 6.42 Å². The minimum Gasteiger partial charge on any atom is -0.477 e. The van der Waals surface area contributed by atoms with E-state index in [1.54, 1.807) is 0 Å². The van der Waals surface area contributed by atoms with E-state index in [9.17, 15) is 22.8 Å². The molecule has 2 N–H and O–H groups in total. The van der Waals surface area contributed by atoms with E-state index in [4.69, 9.17) is 5.11 Å².